The summed E-state index contributed by atoms with van der Waals surface area (Å²) in [4.78, 5) is 0. The van der Waals surface area contributed by atoms with Crippen molar-refractivity contribution in [2.45, 2.75) is 44.6 Å². The van der Waals surface area contributed by atoms with Crippen LogP contribution in [0.3, 0.4) is 0 Å². The second-order valence-corrected chi connectivity index (χ2v) is 5.75. The van der Waals surface area contributed by atoms with Crippen molar-refractivity contribution < 1.29 is 4.39 Å². The lowest BCUT2D eigenvalue weighted by molar-refractivity contribution is 0.410. The molecule has 2 N–H and O–H groups in total. The van der Waals surface area contributed by atoms with E-state index in [1.807, 2.05) is 6.07 Å². The van der Waals surface area contributed by atoms with Crippen molar-refractivity contribution in [2.75, 3.05) is 0 Å². The Morgan fingerprint density at radius 2 is 2.06 bits per heavy atom. The van der Waals surface area contributed by atoms with Crippen LogP contribution in [0.1, 0.15) is 37.7 Å². The lowest BCUT2D eigenvalue weighted by atomic mass is 9.93. The summed E-state index contributed by atoms with van der Waals surface area (Å²) in [6, 6.07) is 5.47. The van der Waals surface area contributed by atoms with Crippen LogP contribution in [0.5, 0.6) is 0 Å². The van der Waals surface area contributed by atoms with E-state index >= 15 is 0 Å². The predicted octanol–water partition coefficient (Wildman–Crippen LogP) is 4.04. The molecule has 1 fully saturated rings. The van der Waals surface area contributed by atoms with E-state index < -0.39 is 0 Å². The minimum Gasteiger partial charge on any atom is -0.327 e. The van der Waals surface area contributed by atoms with Crippen molar-refractivity contribution in [3.63, 3.8) is 0 Å². The molecule has 1 unspecified atom stereocenters. The molecular weight excluding hydrogens is 281 g/mol. The zero-order valence-electron chi connectivity index (χ0n) is 9.96. The third kappa shape index (κ3) is 3.29. The maximum atomic E-state index is 13.3. The van der Waals surface area contributed by atoms with Crippen molar-refractivity contribution in [1.82, 2.24) is 0 Å². The molecule has 1 nitrogen and oxygen atoms in total. The van der Waals surface area contributed by atoms with Crippen LogP contribution in [0.15, 0.2) is 22.7 Å². The summed E-state index contributed by atoms with van der Waals surface area (Å²) < 4.78 is 13.9. The number of halogens is 2. The Bertz CT molecular complexity index is 374. The normalized spacial score (nSPS) is 18.5. The number of hydrogen-bond donors (Lipinski definition) is 1. The van der Waals surface area contributed by atoms with Crippen LogP contribution < -0.4 is 5.73 Å². The van der Waals surface area contributed by atoms with Crippen molar-refractivity contribution in [2.24, 2.45) is 11.7 Å². The van der Waals surface area contributed by atoms with Gasteiger partial charge in [-0.3, -0.25) is 0 Å². The summed E-state index contributed by atoms with van der Waals surface area (Å²) in [5.74, 6) is 0.499. The summed E-state index contributed by atoms with van der Waals surface area (Å²) in [7, 11) is 0. The van der Waals surface area contributed by atoms with E-state index in [1.54, 1.807) is 6.07 Å². The summed E-state index contributed by atoms with van der Waals surface area (Å²) in [6.07, 6.45) is 6.99. The van der Waals surface area contributed by atoms with Crippen LogP contribution in [0.4, 0.5) is 4.39 Å². The molecule has 0 bridgehead atoms. The summed E-state index contributed by atoms with van der Waals surface area (Å²) in [5, 5.41) is 0. The molecule has 1 atom stereocenters. The van der Waals surface area contributed by atoms with Gasteiger partial charge in [0.25, 0.3) is 0 Å². The van der Waals surface area contributed by atoms with Gasteiger partial charge in [0.2, 0.25) is 0 Å². The molecule has 0 spiro atoms. The Balaban J connectivity index is 1.90. The highest BCUT2D eigenvalue weighted by atomic mass is 79.9. The van der Waals surface area contributed by atoms with Crippen molar-refractivity contribution in [3.05, 3.63) is 34.1 Å². The Morgan fingerprint density at radius 3 is 2.76 bits per heavy atom. The molecule has 0 heterocycles. The van der Waals surface area contributed by atoms with Crippen molar-refractivity contribution in [1.29, 1.82) is 0 Å². The van der Waals surface area contributed by atoms with E-state index in [9.17, 15) is 4.39 Å². The van der Waals surface area contributed by atoms with Crippen molar-refractivity contribution >= 4 is 15.9 Å². The quantitative estimate of drug-likeness (QED) is 0.892. The second-order valence-electron chi connectivity index (χ2n) is 4.96. The highest BCUT2D eigenvalue weighted by Gasteiger charge is 2.21. The molecule has 1 aliphatic carbocycles. The van der Waals surface area contributed by atoms with Gasteiger partial charge >= 0.3 is 0 Å². The lowest BCUT2D eigenvalue weighted by Gasteiger charge is -2.18. The molecule has 0 amide bonds. The number of nitrogens with two attached hydrogens (primary N) is 1. The minimum absolute atomic E-state index is 0.183. The topological polar surface area (TPSA) is 26.0 Å². The van der Waals surface area contributed by atoms with Gasteiger partial charge in [-0.15, -0.1) is 0 Å². The van der Waals surface area contributed by atoms with E-state index in [0.29, 0.717) is 10.4 Å². The molecule has 1 aromatic rings. The Kier molecular flexibility index (Phi) is 4.57. The fraction of sp³-hybridized carbons (Fsp3) is 0.571. The minimum atomic E-state index is -0.183. The monoisotopic (exact) mass is 299 g/mol. The van der Waals surface area contributed by atoms with Crippen LogP contribution in [-0.2, 0) is 6.42 Å². The highest BCUT2D eigenvalue weighted by molar-refractivity contribution is 9.10. The van der Waals surface area contributed by atoms with Gasteiger partial charge in [-0.2, -0.15) is 0 Å². The first-order valence-corrected chi connectivity index (χ1v) is 7.16. The van der Waals surface area contributed by atoms with Gasteiger partial charge in [0.05, 0.1) is 4.47 Å². The first-order valence-electron chi connectivity index (χ1n) is 6.37. The van der Waals surface area contributed by atoms with Crippen LogP contribution in [0.25, 0.3) is 0 Å². The van der Waals surface area contributed by atoms with Crippen LogP contribution in [0, 0.1) is 11.7 Å². The number of hydrogen-bond acceptors (Lipinski definition) is 1. The zero-order valence-corrected chi connectivity index (χ0v) is 11.5. The standard InChI is InChI=1S/C14H19BrFN/c15-14-11(6-3-7-12(14)16)8-9-13(17)10-4-1-2-5-10/h3,6-7,10,13H,1-2,4-5,8-9,17H2. The van der Waals surface area contributed by atoms with Gasteiger partial charge in [-0.25, -0.2) is 4.39 Å². The molecule has 1 aliphatic rings. The molecule has 0 aromatic heterocycles. The maximum Gasteiger partial charge on any atom is 0.137 e. The molecule has 3 heteroatoms. The molecule has 17 heavy (non-hydrogen) atoms. The third-order valence-corrected chi connectivity index (χ3v) is 4.67. The second kappa shape index (κ2) is 5.96. The zero-order chi connectivity index (χ0) is 12.3. The van der Waals surface area contributed by atoms with Crippen molar-refractivity contribution in [3.8, 4) is 0 Å². The lowest BCUT2D eigenvalue weighted by Crippen LogP contribution is -2.28. The first kappa shape index (κ1) is 13.0. The van der Waals surface area contributed by atoms with Gasteiger partial charge < -0.3 is 5.73 Å². The number of benzene rings is 1. The Hall–Kier alpha value is -0.410. The first-order chi connectivity index (χ1) is 8.18. The highest BCUT2D eigenvalue weighted by Crippen LogP contribution is 2.29. The smallest absolute Gasteiger partial charge is 0.137 e. The molecule has 2 rings (SSSR count). The third-order valence-electron chi connectivity index (χ3n) is 3.78. The number of aryl methyl sites for hydroxylation is 1. The van der Waals surface area contributed by atoms with Crippen LogP contribution >= 0.6 is 15.9 Å². The van der Waals surface area contributed by atoms with E-state index in [1.165, 1.54) is 31.7 Å². The molecular formula is C14H19BrFN. The van der Waals surface area contributed by atoms with Gasteiger partial charge in [0.1, 0.15) is 5.82 Å². The van der Waals surface area contributed by atoms with Gasteiger partial charge in [0, 0.05) is 6.04 Å². The molecule has 1 aromatic carbocycles. The van der Waals surface area contributed by atoms with Crippen LogP contribution in [0.2, 0.25) is 0 Å². The van der Waals surface area contributed by atoms with Gasteiger partial charge in [-0.1, -0.05) is 25.0 Å². The van der Waals surface area contributed by atoms with Gasteiger partial charge in [-0.05, 0) is 59.2 Å². The Morgan fingerprint density at radius 1 is 1.35 bits per heavy atom. The van der Waals surface area contributed by atoms with E-state index in [4.69, 9.17) is 5.73 Å². The summed E-state index contributed by atoms with van der Waals surface area (Å²) >= 11 is 3.30. The fourth-order valence-corrected chi connectivity index (χ4v) is 3.15. The molecule has 1 saturated carbocycles. The fourth-order valence-electron chi connectivity index (χ4n) is 2.68. The average molecular weight is 300 g/mol. The van der Waals surface area contributed by atoms with E-state index in [-0.39, 0.29) is 11.9 Å². The molecule has 94 valence electrons. The predicted molar refractivity (Wildman–Crippen MR) is 72.4 cm³/mol. The Labute approximate surface area is 111 Å². The number of rotatable bonds is 4. The summed E-state index contributed by atoms with van der Waals surface area (Å²) in [6.45, 7) is 0. The van der Waals surface area contributed by atoms with E-state index in [2.05, 4.69) is 15.9 Å². The van der Waals surface area contributed by atoms with E-state index in [0.717, 1.165) is 18.4 Å². The molecule has 0 saturated heterocycles. The molecule has 0 radical (unpaired) electrons. The van der Waals surface area contributed by atoms with Crippen LogP contribution in [-0.4, -0.2) is 6.04 Å². The van der Waals surface area contributed by atoms with Gasteiger partial charge in [0.15, 0.2) is 0 Å². The average Bonchev–Trinajstić information content (AvgIpc) is 2.84. The maximum absolute atomic E-state index is 13.3. The molecule has 0 aliphatic heterocycles. The largest absolute Gasteiger partial charge is 0.327 e. The summed E-state index contributed by atoms with van der Waals surface area (Å²) in [5.41, 5.74) is 7.23. The SMILES string of the molecule is NC(CCc1cccc(F)c1Br)C1CCCC1.